The largest absolute Gasteiger partial charge is 0.487 e. The highest BCUT2D eigenvalue weighted by Crippen LogP contribution is 2.30. The second kappa shape index (κ2) is 20.2. The van der Waals surface area contributed by atoms with Gasteiger partial charge < -0.3 is 19.7 Å². The van der Waals surface area contributed by atoms with Crippen molar-refractivity contribution < 1.29 is 18.7 Å². The van der Waals surface area contributed by atoms with Gasteiger partial charge in [0.15, 0.2) is 0 Å². The average molecular weight is 775 g/mol. The Kier molecular flexibility index (Phi) is 15.5. The lowest BCUT2D eigenvalue weighted by Gasteiger charge is -2.34. The Morgan fingerprint density at radius 3 is 2.25 bits per heavy atom. The number of aromatic nitrogens is 1. The smallest absolute Gasteiger partial charge is 0.246 e. The maximum atomic E-state index is 13.1. The van der Waals surface area contributed by atoms with Gasteiger partial charge in [0.05, 0.1) is 22.9 Å². The lowest BCUT2D eigenvalue weighted by molar-refractivity contribution is -0.127. The van der Waals surface area contributed by atoms with Crippen LogP contribution in [-0.2, 0) is 24.4 Å². The van der Waals surface area contributed by atoms with Crippen molar-refractivity contribution in [2.75, 3.05) is 38.0 Å². The van der Waals surface area contributed by atoms with Crippen LogP contribution in [0.15, 0.2) is 115 Å². The summed E-state index contributed by atoms with van der Waals surface area (Å²) in [6, 6.07) is 33.2. The van der Waals surface area contributed by atoms with Crippen LogP contribution in [-0.4, -0.2) is 53.4 Å². The Morgan fingerprint density at radius 1 is 0.887 bits per heavy atom. The Hall–Kier alpha value is -5.11. The summed E-state index contributed by atoms with van der Waals surface area (Å²) in [5, 5.41) is 12.7. The van der Waals surface area contributed by atoms with Gasteiger partial charge in [0.2, 0.25) is 11.8 Å². The zero-order chi connectivity index (χ0) is 35.4. The zero-order valence-corrected chi connectivity index (χ0v) is 31.2. The number of carbonyl (C=O) groups is 1. The molecular weight excluding hydrogens is 736 g/mol. The molecule has 0 atom stereocenters. The highest BCUT2D eigenvalue weighted by molar-refractivity contribution is 6.32. The highest BCUT2D eigenvalue weighted by Gasteiger charge is 2.19. The van der Waals surface area contributed by atoms with E-state index in [1.165, 1.54) is 23.3 Å². The molecule has 1 fully saturated rings. The molecule has 0 saturated carbocycles. The number of nitrogens with zero attached hydrogens (tertiary/aromatic N) is 4. The molecule has 1 aromatic heterocycles. The molecule has 2 heterocycles. The first-order valence-electron chi connectivity index (χ1n) is 16.7. The predicted molar refractivity (Wildman–Crippen MR) is 212 cm³/mol. The van der Waals surface area contributed by atoms with Crippen LogP contribution in [0.5, 0.6) is 17.4 Å². The molecule has 6 rings (SSSR count). The van der Waals surface area contributed by atoms with Crippen LogP contribution in [0.4, 0.5) is 10.1 Å². The first kappa shape index (κ1) is 40.7. The summed E-state index contributed by atoms with van der Waals surface area (Å²) in [5.41, 5.74) is 5.73. The number of piperazine rings is 1. The maximum absolute atomic E-state index is 13.1. The van der Waals surface area contributed by atoms with Gasteiger partial charge >= 0.3 is 0 Å². The highest BCUT2D eigenvalue weighted by atomic mass is 35.5. The van der Waals surface area contributed by atoms with Gasteiger partial charge in [-0.2, -0.15) is 5.26 Å². The molecule has 1 aliphatic heterocycles. The van der Waals surface area contributed by atoms with E-state index in [2.05, 4.69) is 45.5 Å². The summed E-state index contributed by atoms with van der Waals surface area (Å²) in [7, 11) is 0. The third kappa shape index (κ3) is 12.2. The third-order valence-electron chi connectivity index (χ3n) is 8.49. The Bertz CT molecular complexity index is 1980. The second-order valence-corrected chi connectivity index (χ2v) is 12.6. The number of nitrogens with one attached hydrogen (secondary N) is 1. The summed E-state index contributed by atoms with van der Waals surface area (Å²) in [6.45, 7) is 4.90. The van der Waals surface area contributed by atoms with Gasteiger partial charge in [-0.3, -0.25) is 9.69 Å². The monoisotopic (exact) mass is 773 g/mol. The van der Waals surface area contributed by atoms with Crippen LogP contribution in [0.25, 0.3) is 6.08 Å². The van der Waals surface area contributed by atoms with Gasteiger partial charge in [-0.25, -0.2) is 9.37 Å². The first-order chi connectivity index (χ1) is 24.9. The predicted octanol–water partition coefficient (Wildman–Crippen LogP) is 8.97. The molecule has 274 valence electrons. The van der Waals surface area contributed by atoms with Crippen LogP contribution in [0, 0.1) is 17.1 Å². The molecule has 4 aromatic carbocycles. The van der Waals surface area contributed by atoms with Crippen LogP contribution < -0.4 is 14.8 Å². The van der Waals surface area contributed by atoms with Crippen molar-refractivity contribution in [2.45, 2.75) is 19.6 Å². The van der Waals surface area contributed by atoms with Crippen LogP contribution >= 0.6 is 36.4 Å². The van der Waals surface area contributed by atoms with E-state index < -0.39 is 0 Å². The van der Waals surface area contributed by atoms with E-state index in [4.69, 9.17) is 26.3 Å². The number of hydrogen-bond donors (Lipinski definition) is 1. The van der Waals surface area contributed by atoms with Crippen LogP contribution in [0.3, 0.4) is 0 Å². The number of halogens is 4. The zero-order valence-electron chi connectivity index (χ0n) is 28.8. The van der Waals surface area contributed by atoms with Crippen LogP contribution in [0.1, 0.15) is 27.8 Å². The third-order valence-corrected chi connectivity index (χ3v) is 8.78. The number of ether oxygens (including phenoxy) is 2. The van der Waals surface area contributed by atoms with Gasteiger partial charge in [0.25, 0.3) is 0 Å². The van der Waals surface area contributed by atoms with Gasteiger partial charge in [-0.05, 0) is 89.3 Å². The fraction of sp³-hybridized carbons (Fsp3) is 0.195. The molecule has 1 aliphatic rings. The summed E-state index contributed by atoms with van der Waals surface area (Å²) >= 11 is 6.51. The Balaban J connectivity index is 0.00000314. The van der Waals surface area contributed by atoms with Crippen molar-refractivity contribution in [1.82, 2.24) is 14.8 Å². The lowest BCUT2D eigenvalue weighted by atomic mass is 10.1. The number of carbonyl (C=O) groups excluding carboxylic acids is 1. The number of benzene rings is 4. The summed E-state index contributed by atoms with van der Waals surface area (Å²) < 4.78 is 24.7. The molecule has 0 bridgehead atoms. The Morgan fingerprint density at radius 2 is 1.58 bits per heavy atom. The van der Waals surface area contributed by atoms with Gasteiger partial charge in [0, 0.05) is 57.1 Å². The molecule has 1 amide bonds. The van der Waals surface area contributed by atoms with Crippen molar-refractivity contribution in [3.05, 3.63) is 154 Å². The normalized spacial score (nSPS) is 12.7. The quantitative estimate of drug-likeness (QED) is 0.120. The Labute approximate surface area is 326 Å². The fourth-order valence-electron chi connectivity index (χ4n) is 5.56. The summed E-state index contributed by atoms with van der Waals surface area (Å²) in [5.74, 6) is 1.13. The number of hydrogen-bond acceptors (Lipinski definition) is 7. The van der Waals surface area contributed by atoms with Crippen molar-refractivity contribution in [3.8, 4) is 23.4 Å². The van der Waals surface area contributed by atoms with E-state index in [-0.39, 0.29) is 36.5 Å². The van der Waals surface area contributed by atoms with E-state index in [9.17, 15) is 9.18 Å². The number of pyridine rings is 1. The molecule has 5 aromatic rings. The molecule has 0 radical (unpaired) electrons. The molecule has 12 heteroatoms. The lowest BCUT2D eigenvalue weighted by Crippen LogP contribution is -2.47. The van der Waals surface area contributed by atoms with Crippen LogP contribution in [0.2, 0.25) is 5.02 Å². The minimum Gasteiger partial charge on any atom is -0.487 e. The molecule has 8 nitrogen and oxygen atoms in total. The van der Waals surface area contributed by atoms with Crippen molar-refractivity contribution in [2.24, 2.45) is 0 Å². The topological polar surface area (TPSA) is 90.7 Å². The van der Waals surface area contributed by atoms with E-state index in [1.54, 1.807) is 66.9 Å². The van der Waals surface area contributed by atoms with Crippen molar-refractivity contribution in [1.29, 1.82) is 5.26 Å². The summed E-state index contributed by atoms with van der Waals surface area (Å²) in [4.78, 5) is 21.5. The minimum absolute atomic E-state index is 0. The van der Waals surface area contributed by atoms with E-state index >= 15 is 0 Å². The molecule has 0 aliphatic carbocycles. The number of rotatable bonds is 13. The molecule has 1 saturated heterocycles. The number of nitriles is 1. The standard InChI is InChI=1S/C41H37ClFN5O3.2ClH/c42-38-25-31(9-16-39(38)51-40-17-15-37(27-46-40)50-29-34-7-3-32(26-44)4-8-34)10-18-41(49)48-23-21-47(22-24-48)28-33-5-1-30(2-6-33)19-20-45-36-13-11-35(43)12-14-36;;/h1-18,25,27,45H,19-24,28-29H2;2*1H/b18-10+;;. The van der Waals surface area contributed by atoms with Gasteiger partial charge in [-0.15, -0.1) is 24.8 Å². The van der Waals surface area contributed by atoms with E-state index in [0.717, 1.165) is 49.4 Å². The SMILES string of the molecule is Cl.Cl.N#Cc1ccc(COc2ccc(Oc3ccc(/C=C/C(=O)N4CCN(Cc5ccc(CCNc6ccc(F)cc6)cc5)CC4)cc3Cl)nc2)cc1. The molecule has 53 heavy (non-hydrogen) atoms. The fourth-order valence-corrected chi connectivity index (χ4v) is 5.79. The average Bonchev–Trinajstić information content (AvgIpc) is 3.16. The van der Waals surface area contributed by atoms with Crippen molar-refractivity contribution >= 4 is 54.1 Å². The number of amides is 1. The van der Waals surface area contributed by atoms with Gasteiger partial charge in [0.1, 0.15) is 23.9 Å². The minimum atomic E-state index is -0.236. The maximum Gasteiger partial charge on any atom is 0.246 e. The molecule has 1 N–H and O–H groups in total. The van der Waals surface area contributed by atoms with E-state index in [1.807, 2.05) is 23.1 Å². The molecule has 0 spiro atoms. The summed E-state index contributed by atoms with van der Waals surface area (Å²) in [6.07, 6.45) is 5.80. The second-order valence-electron chi connectivity index (χ2n) is 12.2. The van der Waals surface area contributed by atoms with Gasteiger partial charge in [-0.1, -0.05) is 54.1 Å². The van der Waals surface area contributed by atoms with E-state index in [0.29, 0.717) is 47.7 Å². The molecular formula is C41H39Cl3FN5O3. The van der Waals surface area contributed by atoms with Crippen molar-refractivity contribution in [3.63, 3.8) is 0 Å². The first-order valence-corrected chi connectivity index (χ1v) is 17.1. The molecule has 0 unspecified atom stereocenters. The number of anilines is 1.